The molecule has 3 aliphatic heterocycles. The van der Waals surface area contributed by atoms with Crippen molar-refractivity contribution in [3.63, 3.8) is 0 Å². The summed E-state index contributed by atoms with van der Waals surface area (Å²) in [6.07, 6.45) is 4.87. The van der Waals surface area contributed by atoms with Gasteiger partial charge in [-0.3, -0.25) is 14.4 Å². The van der Waals surface area contributed by atoms with Crippen LogP contribution < -0.4 is 4.90 Å². The zero-order valence-corrected chi connectivity index (χ0v) is 26.3. The summed E-state index contributed by atoms with van der Waals surface area (Å²) in [7, 11) is 0. The van der Waals surface area contributed by atoms with E-state index in [1.165, 1.54) is 0 Å². The lowest BCUT2D eigenvalue weighted by atomic mass is 9.65. The Kier molecular flexibility index (Phi) is 9.40. The topological polar surface area (TPSA) is 81.2 Å². The summed E-state index contributed by atoms with van der Waals surface area (Å²) >= 11 is 8.25. The summed E-state index contributed by atoms with van der Waals surface area (Å²) in [5.74, 6) is -1.90. The fourth-order valence-corrected chi connectivity index (χ4v) is 10.2. The lowest BCUT2D eigenvalue weighted by Crippen LogP contribution is -2.58. The molecule has 3 heterocycles. The van der Waals surface area contributed by atoms with E-state index in [1.54, 1.807) is 56.8 Å². The van der Waals surface area contributed by atoms with Gasteiger partial charge in [0.05, 0.1) is 39.9 Å². The van der Waals surface area contributed by atoms with E-state index in [2.05, 4.69) is 20.1 Å². The van der Waals surface area contributed by atoms with Gasteiger partial charge in [0.2, 0.25) is 11.8 Å². The smallest absolute Gasteiger partial charge is 0.251 e. The highest BCUT2D eigenvalue weighted by molar-refractivity contribution is 8.02. The first-order valence-electron chi connectivity index (χ1n) is 15.0. The van der Waals surface area contributed by atoms with E-state index in [9.17, 15) is 14.7 Å². The molecule has 3 amide bonds. The van der Waals surface area contributed by atoms with Gasteiger partial charge in [0, 0.05) is 24.9 Å². The lowest BCUT2D eigenvalue weighted by Gasteiger charge is -2.42. The van der Waals surface area contributed by atoms with Crippen LogP contribution in [0.2, 0.25) is 5.02 Å². The molecule has 3 aliphatic rings. The van der Waals surface area contributed by atoms with E-state index in [1.807, 2.05) is 43.3 Å². The molecule has 2 aromatic carbocycles. The third kappa shape index (κ3) is 5.11. The number of carbonyl (C=O) groups is 3. The number of anilines is 1. The quantitative estimate of drug-likeness (QED) is 0.323. The van der Waals surface area contributed by atoms with E-state index in [-0.39, 0.29) is 42.0 Å². The Labute approximate surface area is 263 Å². The molecule has 3 fully saturated rings. The van der Waals surface area contributed by atoms with Crippen molar-refractivity contribution in [3.8, 4) is 0 Å². The Balaban J connectivity index is 1.68. The Bertz CT molecular complexity index is 1390. The van der Waals surface area contributed by atoms with Gasteiger partial charge in [-0.15, -0.1) is 24.9 Å². The number of thioether (sulfide) groups is 1. The monoisotopic (exact) mass is 621 g/mol. The van der Waals surface area contributed by atoms with Crippen molar-refractivity contribution >= 4 is 46.8 Å². The van der Waals surface area contributed by atoms with Crippen molar-refractivity contribution < 1.29 is 19.5 Å². The van der Waals surface area contributed by atoms with Crippen LogP contribution in [0.5, 0.6) is 0 Å². The molecular formula is C34H40ClN3O4S. The molecule has 1 N–H and O–H groups in total. The normalized spacial score (nSPS) is 28.0. The lowest BCUT2D eigenvalue weighted by molar-refractivity contribution is -0.145. The highest BCUT2D eigenvalue weighted by atomic mass is 35.5. The molecule has 0 saturated carbocycles. The number of aliphatic hydroxyl groups is 1. The Morgan fingerprint density at radius 3 is 2.42 bits per heavy atom. The summed E-state index contributed by atoms with van der Waals surface area (Å²) < 4.78 is -0.853. The Morgan fingerprint density at radius 1 is 1.12 bits per heavy atom. The summed E-state index contributed by atoms with van der Waals surface area (Å²) in [5, 5.41) is 11.1. The Morgan fingerprint density at radius 2 is 1.79 bits per heavy atom. The van der Waals surface area contributed by atoms with Crippen molar-refractivity contribution in [2.24, 2.45) is 17.8 Å². The highest BCUT2D eigenvalue weighted by Crippen LogP contribution is 2.69. The van der Waals surface area contributed by atoms with Crippen LogP contribution in [0.15, 0.2) is 79.9 Å². The molecule has 2 bridgehead atoms. The summed E-state index contributed by atoms with van der Waals surface area (Å²) in [6.45, 7) is 12.6. The number of hydrogen-bond donors (Lipinski definition) is 1. The molecular weight excluding hydrogens is 582 g/mol. The summed E-state index contributed by atoms with van der Waals surface area (Å²) in [6, 6.07) is 14.8. The highest BCUT2D eigenvalue weighted by Gasteiger charge is 2.77. The average molecular weight is 622 g/mol. The number of rotatable bonds is 12. The number of likely N-dealkylation sites (tertiary alicyclic amines) is 1. The third-order valence-electron chi connectivity index (χ3n) is 9.27. The van der Waals surface area contributed by atoms with Crippen molar-refractivity contribution in [2.75, 3.05) is 31.1 Å². The van der Waals surface area contributed by atoms with E-state index < -0.39 is 28.7 Å². The molecule has 7 nitrogen and oxygen atoms in total. The van der Waals surface area contributed by atoms with Crippen LogP contribution in [0.4, 0.5) is 5.69 Å². The largest absolute Gasteiger partial charge is 0.394 e. The maximum atomic E-state index is 15.0. The van der Waals surface area contributed by atoms with Crippen LogP contribution in [0.3, 0.4) is 0 Å². The first-order chi connectivity index (χ1) is 20.8. The molecule has 3 saturated heterocycles. The third-order valence-corrected chi connectivity index (χ3v) is 11.7. The number of nitrogens with zero attached hydrogens (tertiary/aromatic N) is 3. The first kappa shape index (κ1) is 31.4. The van der Waals surface area contributed by atoms with Gasteiger partial charge in [-0.25, -0.2) is 0 Å². The van der Waals surface area contributed by atoms with Crippen molar-refractivity contribution in [1.82, 2.24) is 9.80 Å². The second kappa shape index (κ2) is 12.9. The van der Waals surface area contributed by atoms with E-state index in [0.717, 1.165) is 18.4 Å². The predicted octanol–water partition coefficient (Wildman–Crippen LogP) is 5.35. The van der Waals surface area contributed by atoms with E-state index in [0.29, 0.717) is 23.8 Å². The van der Waals surface area contributed by atoms with E-state index >= 15 is 4.79 Å². The van der Waals surface area contributed by atoms with Gasteiger partial charge in [-0.05, 0) is 36.5 Å². The van der Waals surface area contributed by atoms with Crippen LogP contribution in [-0.2, 0) is 14.4 Å². The van der Waals surface area contributed by atoms with Gasteiger partial charge in [-0.1, -0.05) is 80.1 Å². The van der Waals surface area contributed by atoms with Gasteiger partial charge in [0.25, 0.3) is 5.91 Å². The number of benzene rings is 2. The predicted molar refractivity (Wildman–Crippen MR) is 173 cm³/mol. The summed E-state index contributed by atoms with van der Waals surface area (Å²) in [4.78, 5) is 49.0. The standard InChI is InChI=1S/C34H40ClN3O4S/c1-5-17-36(18-6-2)31(40)28-27-20-22(4)34(43-27)29(28)32(41)38(26(21-39)23-13-9-8-10-14-23)30(34)33(42)37(19-7-3)25-16-12-11-15-24(25)35/h5,7-16,22,26-30,39H,1,3,6,17-21H2,2,4H3/t22?,26-,27-,28+,29+,30?,34?/m1/s1. The number of fused-ring (bicyclic) bond motifs is 1. The number of amides is 3. The second-order valence-corrected chi connectivity index (χ2v) is 13.6. The van der Waals surface area contributed by atoms with Gasteiger partial charge in [0.15, 0.2) is 0 Å². The number of carbonyl (C=O) groups excluding carboxylic acids is 3. The number of aliphatic hydroxyl groups excluding tert-OH is 1. The molecule has 0 radical (unpaired) electrons. The van der Waals surface area contributed by atoms with Crippen LogP contribution in [0, 0.1) is 17.8 Å². The van der Waals surface area contributed by atoms with Crippen LogP contribution in [0.25, 0.3) is 0 Å². The van der Waals surface area contributed by atoms with E-state index in [4.69, 9.17) is 11.6 Å². The average Bonchev–Trinajstić information content (AvgIpc) is 3.60. The molecule has 9 heteroatoms. The summed E-state index contributed by atoms with van der Waals surface area (Å²) in [5.41, 5.74) is 1.26. The molecule has 228 valence electrons. The minimum absolute atomic E-state index is 0.0228. The van der Waals surface area contributed by atoms with Crippen LogP contribution in [-0.4, -0.2) is 74.9 Å². The minimum Gasteiger partial charge on any atom is -0.394 e. The SMILES string of the molecule is C=CCN(CCC)C(=O)[C@@H]1[C@H]2C(=O)N([C@H](CO)c3ccccc3)C(C(=O)N(CC=C)c3ccccc3Cl)C23S[C@@H]1CC3C. The molecule has 0 aromatic heterocycles. The molecule has 0 aliphatic carbocycles. The van der Waals surface area contributed by atoms with Crippen molar-refractivity contribution in [2.45, 2.75) is 48.8 Å². The van der Waals surface area contributed by atoms with Crippen LogP contribution >= 0.6 is 23.4 Å². The van der Waals surface area contributed by atoms with Gasteiger partial charge in [0.1, 0.15) is 6.04 Å². The molecule has 1 spiro atoms. The van der Waals surface area contributed by atoms with Gasteiger partial charge < -0.3 is 19.8 Å². The zero-order chi connectivity index (χ0) is 30.9. The number of halogens is 1. The van der Waals surface area contributed by atoms with Gasteiger partial charge >= 0.3 is 0 Å². The molecule has 7 atom stereocenters. The maximum Gasteiger partial charge on any atom is 0.251 e. The Hall–Kier alpha value is -3.07. The van der Waals surface area contributed by atoms with Crippen molar-refractivity contribution in [3.05, 3.63) is 90.5 Å². The number of hydrogen-bond acceptors (Lipinski definition) is 5. The minimum atomic E-state index is -0.930. The second-order valence-electron chi connectivity index (χ2n) is 11.7. The fourth-order valence-electron chi connectivity index (χ4n) is 7.57. The molecule has 43 heavy (non-hydrogen) atoms. The fraction of sp³-hybridized carbons (Fsp3) is 0.441. The maximum absolute atomic E-state index is 15.0. The molecule has 5 rings (SSSR count). The van der Waals surface area contributed by atoms with Gasteiger partial charge in [-0.2, -0.15) is 0 Å². The van der Waals surface area contributed by atoms with Crippen LogP contribution in [0.1, 0.15) is 38.3 Å². The molecule has 3 unspecified atom stereocenters. The number of para-hydroxylation sites is 1. The molecule has 2 aromatic rings. The van der Waals surface area contributed by atoms with Crippen molar-refractivity contribution in [1.29, 1.82) is 0 Å². The first-order valence-corrected chi connectivity index (χ1v) is 16.2. The zero-order valence-electron chi connectivity index (χ0n) is 24.8.